The summed E-state index contributed by atoms with van der Waals surface area (Å²) in [6.45, 7) is 2.47. The van der Waals surface area contributed by atoms with E-state index in [1.165, 1.54) is 4.90 Å². The molecular weight excluding hydrogens is 478 g/mol. The average Bonchev–Trinajstić information content (AvgIpc) is 3.63. The number of anilines is 1. The van der Waals surface area contributed by atoms with Crippen molar-refractivity contribution >= 4 is 23.5 Å². The predicted molar refractivity (Wildman–Crippen MR) is 142 cm³/mol. The second-order valence-electron chi connectivity index (χ2n) is 10.1. The number of rotatable bonds is 8. The first-order valence-electron chi connectivity index (χ1n) is 13.1. The maximum absolute atomic E-state index is 13.0. The first kappa shape index (κ1) is 24.2. The smallest absolute Gasteiger partial charge is 0.317 e. The van der Waals surface area contributed by atoms with Crippen LogP contribution in [0, 0.1) is 23.7 Å². The summed E-state index contributed by atoms with van der Waals surface area (Å²) in [4.78, 5) is 40.1. The van der Waals surface area contributed by atoms with Crippen molar-refractivity contribution in [3.05, 3.63) is 108 Å². The van der Waals surface area contributed by atoms with E-state index in [4.69, 9.17) is 9.47 Å². The van der Waals surface area contributed by atoms with Gasteiger partial charge in [-0.25, -0.2) is 0 Å². The Morgan fingerprint density at radius 1 is 0.842 bits per heavy atom. The van der Waals surface area contributed by atoms with E-state index in [0.717, 1.165) is 23.1 Å². The summed E-state index contributed by atoms with van der Waals surface area (Å²) in [7, 11) is 0. The number of nitrogens with zero attached hydrogens (tertiary/aromatic N) is 1. The summed E-state index contributed by atoms with van der Waals surface area (Å²) in [6.07, 6.45) is 5.12. The Morgan fingerprint density at radius 3 is 2.05 bits per heavy atom. The van der Waals surface area contributed by atoms with E-state index in [1.54, 1.807) is 31.2 Å². The highest BCUT2D eigenvalue weighted by Crippen LogP contribution is 2.53. The molecule has 3 aromatic carbocycles. The van der Waals surface area contributed by atoms with E-state index in [0.29, 0.717) is 24.7 Å². The van der Waals surface area contributed by atoms with Crippen LogP contribution < -0.4 is 9.64 Å². The third kappa shape index (κ3) is 4.20. The van der Waals surface area contributed by atoms with Crippen molar-refractivity contribution in [3.63, 3.8) is 0 Å². The van der Waals surface area contributed by atoms with E-state index < -0.39 is 5.92 Å². The summed E-state index contributed by atoms with van der Waals surface area (Å²) in [5.41, 5.74) is 3.29. The third-order valence-corrected chi connectivity index (χ3v) is 7.94. The fraction of sp³-hybridized carbons (Fsp3) is 0.281. The Bertz CT molecular complexity index is 1350. The summed E-state index contributed by atoms with van der Waals surface area (Å²) >= 11 is 0. The van der Waals surface area contributed by atoms with Gasteiger partial charge in [-0.3, -0.25) is 19.3 Å². The van der Waals surface area contributed by atoms with E-state index in [1.807, 2.05) is 54.6 Å². The highest BCUT2D eigenvalue weighted by atomic mass is 16.5. The predicted octanol–water partition coefficient (Wildman–Crippen LogP) is 5.27. The first-order valence-corrected chi connectivity index (χ1v) is 13.1. The van der Waals surface area contributed by atoms with Gasteiger partial charge < -0.3 is 9.47 Å². The van der Waals surface area contributed by atoms with E-state index in [9.17, 15) is 14.4 Å². The normalized spacial score (nSPS) is 24.0. The molecule has 192 valence electrons. The Morgan fingerprint density at radius 2 is 1.45 bits per heavy atom. The SMILES string of the molecule is CCOC(=O)[C@H](c1ccccc1)c1ccc(COc2ccc(N3C(=O)[C@H]4[C@H](C3=O)[C@H]3C=C[C@H]4C3)cc2)cc1. The van der Waals surface area contributed by atoms with Crippen LogP contribution in [0.1, 0.15) is 36.0 Å². The number of hydrogen-bond acceptors (Lipinski definition) is 5. The minimum absolute atomic E-state index is 0.0813. The minimum Gasteiger partial charge on any atom is -0.489 e. The molecule has 0 aromatic heterocycles. The van der Waals surface area contributed by atoms with Crippen molar-refractivity contribution in [1.29, 1.82) is 0 Å². The highest BCUT2D eigenvalue weighted by Gasteiger charge is 2.59. The van der Waals surface area contributed by atoms with Crippen molar-refractivity contribution in [2.75, 3.05) is 11.5 Å². The lowest BCUT2D eigenvalue weighted by molar-refractivity contribution is -0.143. The van der Waals surface area contributed by atoms with Gasteiger partial charge in [-0.2, -0.15) is 0 Å². The third-order valence-electron chi connectivity index (χ3n) is 7.94. The van der Waals surface area contributed by atoms with Crippen molar-refractivity contribution in [1.82, 2.24) is 0 Å². The Hall–Kier alpha value is -4.19. The molecule has 0 unspecified atom stereocenters. The topological polar surface area (TPSA) is 72.9 Å². The molecule has 1 saturated carbocycles. The molecule has 6 heteroatoms. The van der Waals surface area contributed by atoms with Crippen LogP contribution >= 0.6 is 0 Å². The van der Waals surface area contributed by atoms with Gasteiger partial charge in [-0.1, -0.05) is 66.7 Å². The molecule has 5 atom stereocenters. The number of carbonyl (C=O) groups excluding carboxylic acids is 3. The lowest BCUT2D eigenvalue weighted by Gasteiger charge is -2.18. The summed E-state index contributed by atoms with van der Waals surface area (Å²) < 4.78 is 11.3. The second-order valence-corrected chi connectivity index (χ2v) is 10.1. The van der Waals surface area contributed by atoms with Gasteiger partial charge in [0.1, 0.15) is 18.3 Å². The Kier molecular flexibility index (Phi) is 6.32. The monoisotopic (exact) mass is 507 g/mol. The van der Waals surface area contributed by atoms with Crippen LogP contribution in [-0.2, 0) is 25.7 Å². The second kappa shape index (κ2) is 9.93. The maximum Gasteiger partial charge on any atom is 0.317 e. The van der Waals surface area contributed by atoms with Crippen molar-refractivity contribution in [2.24, 2.45) is 23.7 Å². The molecule has 3 aromatic rings. The molecule has 2 bridgehead atoms. The van der Waals surface area contributed by atoms with E-state index in [-0.39, 0.29) is 41.5 Å². The number of imide groups is 1. The summed E-state index contributed by atoms with van der Waals surface area (Å²) in [6, 6.07) is 24.5. The molecule has 1 heterocycles. The van der Waals surface area contributed by atoms with Gasteiger partial charge in [-0.05, 0) is 66.1 Å². The van der Waals surface area contributed by atoms with Gasteiger partial charge in [0.05, 0.1) is 24.1 Å². The van der Waals surface area contributed by atoms with Crippen LogP contribution in [-0.4, -0.2) is 24.4 Å². The average molecular weight is 508 g/mol. The number of fused-ring (bicyclic) bond motifs is 5. The zero-order valence-corrected chi connectivity index (χ0v) is 21.2. The quantitative estimate of drug-likeness (QED) is 0.236. The molecule has 1 saturated heterocycles. The standard InChI is InChI=1S/C32H29NO5/c1-2-37-32(36)27(21-6-4-3-5-7-21)22-10-8-20(9-11-22)19-38-26-16-14-25(15-17-26)33-30(34)28-23-12-13-24(18-23)29(28)31(33)35/h3-17,23-24,27-29H,2,18-19H2,1H3/t23-,24-,27+,28+,29+/m0/s1. The van der Waals surface area contributed by atoms with Gasteiger partial charge in [0.15, 0.2) is 0 Å². The number of hydrogen-bond donors (Lipinski definition) is 0. The van der Waals surface area contributed by atoms with E-state index >= 15 is 0 Å². The lowest BCUT2D eigenvalue weighted by Crippen LogP contribution is -2.32. The Balaban J connectivity index is 1.11. The molecule has 2 fully saturated rings. The van der Waals surface area contributed by atoms with Gasteiger partial charge in [0.25, 0.3) is 0 Å². The maximum atomic E-state index is 13.0. The number of carbonyl (C=O) groups is 3. The van der Waals surface area contributed by atoms with Crippen LogP contribution in [0.15, 0.2) is 91.0 Å². The van der Waals surface area contributed by atoms with Gasteiger partial charge in [0.2, 0.25) is 11.8 Å². The van der Waals surface area contributed by atoms with Gasteiger partial charge in [0, 0.05) is 0 Å². The van der Waals surface area contributed by atoms with E-state index in [2.05, 4.69) is 12.2 Å². The fourth-order valence-electron chi connectivity index (χ4n) is 6.16. The summed E-state index contributed by atoms with van der Waals surface area (Å²) in [5, 5.41) is 0. The molecule has 0 N–H and O–H groups in total. The van der Waals surface area contributed by atoms with Crippen molar-refractivity contribution < 1.29 is 23.9 Å². The molecule has 0 spiro atoms. The Labute approximate surface area is 221 Å². The molecule has 1 aliphatic heterocycles. The number of esters is 1. The molecule has 38 heavy (non-hydrogen) atoms. The van der Waals surface area contributed by atoms with Crippen LogP contribution in [0.2, 0.25) is 0 Å². The van der Waals surface area contributed by atoms with Crippen molar-refractivity contribution in [2.45, 2.75) is 25.9 Å². The number of amides is 2. The zero-order chi connectivity index (χ0) is 26.2. The zero-order valence-electron chi connectivity index (χ0n) is 21.2. The van der Waals surface area contributed by atoms with Crippen molar-refractivity contribution in [3.8, 4) is 5.75 Å². The molecule has 3 aliphatic rings. The number of allylic oxidation sites excluding steroid dienone is 2. The lowest BCUT2D eigenvalue weighted by atomic mass is 9.85. The first-order chi connectivity index (χ1) is 18.5. The fourth-order valence-corrected chi connectivity index (χ4v) is 6.16. The minimum atomic E-state index is -0.486. The summed E-state index contributed by atoms with van der Waals surface area (Å²) in [5.74, 6) is -0.299. The molecule has 0 radical (unpaired) electrons. The number of benzene rings is 3. The van der Waals surface area contributed by atoms with Crippen LogP contribution in [0.25, 0.3) is 0 Å². The molecule has 2 amide bonds. The van der Waals surface area contributed by atoms with Gasteiger partial charge in [-0.15, -0.1) is 0 Å². The van der Waals surface area contributed by atoms with Crippen LogP contribution in [0.5, 0.6) is 5.75 Å². The molecule has 6 rings (SSSR count). The van der Waals surface area contributed by atoms with Crippen LogP contribution in [0.4, 0.5) is 5.69 Å². The molecule has 6 nitrogen and oxygen atoms in total. The molecule has 2 aliphatic carbocycles. The largest absolute Gasteiger partial charge is 0.489 e. The highest BCUT2D eigenvalue weighted by molar-refractivity contribution is 6.22. The van der Waals surface area contributed by atoms with Crippen LogP contribution in [0.3, 0.4) is 0 Å². The van der Waals surface area contributed by atoms with Gasteiger partial charge >= 0.3 is 5.97 Å². The molecular formula is C32H29NO5. The number of ether oxygens (including phenoxy) is 2.